The molecule has 184 valence electrons. The van der Waals surface area contributed by atoms with E-state index in [4.69, 9.17) is 28.4 Å². The van der Waals surface area contributed by atoms with Gasteiger partial charge in [-0.2, -0.15) is 0 Å². The van der Waals surface area contributed by atoms with Crippen LogP contribution < -0.4 is 0 Å². The molecule has 1 unspecified atom stereocenters. The Kier molecular flexibility index (Phi) is 8.21. The van der Waals surface area contributed by atoms with Crippen LogP contribution in [-0.4, -0.2) is 44.9 Å². The predicted octanol–water partition coefficient (Wildman–Crippen LogP) is 4.89. The van der Waals surface area contributed by atoms with Crippen molar-refractivity contribution in [1.29, 1.82) is 0 Å². The van der Waals surface area contributed by atoms with Gasteiger partial charge in [0.1, 0.15) is 12.2 Å². The van der Waals surface area contributed by atoms with Gasteiger partial charge in [0.25, 0.3) is 0 Å². The van der Waals surface area contributed by atoms with Crippen molar-refractivity contribution in [2.24, 2.45) is 5.92 Å². The summed E-state index contributed by atoms with van der Waals surface area (Å²) < 4.78 is 37.2. The zero-order valence-electron chi connectivity index (χ0n) is 19.9. The average Bonchev–Trinajstić information content (AvgIpc) is 2.93. The van der Waals surface area contributed by atoms with E-state index in [1.807, 2.05) is 66.7 Å². The molecule has 6 atom stereocenters. The fourth-order valence-corrected chi connectivity index (χ4v) is 4.69. The standard InChI is InChI=1S/C29H32O6/c1-30-29-24(19-31-17-21-11-5-2-6-12-21)26(32-18-22-13-7-3-8-14-22)27-25(34-29)20-33-28(35-27)23-15-9-4-10-16-23/h2-16,24-29H,17-20H2,1H3/t24-,25-,26-,27-,28?,29+/m1/s1. The Morgan fingerprint density at radius 3 is 2.06 bits per heavy atom. The normalized spacial score (nSPS) is 28.4. The third-order valence-corrected chi connectivity index (χ3v) is 6.47. The van der Waals surface area contributed by atoms with Crippen LogP contribution in [0.25, 0.3) is 0 Å². The Hall–Kier alpha value is -2.58. The SMILES string of the molecule is CO[C@H]1O[C@@H]2COC(c3ccccc3)O[C@H]2[C@H](OCc2ccccc2)[C@H]1COCc1ccccc1. The first-order chi connectivity index (χ1) is 17.3. The van der Waals surface area contributed by atoms with E-state index in [9.17, 15) is 0 Å². The van der Waals surface area contributed by atoms with Crippen LogP contribution in [0.3, 0.4) is 0 Å². The zero-order valence-corrected chi connectivity index (χ0v) is 19.9. The molecule has 0 amide bonds. The lowest BCUT2D eigenvalue weighted by Gasteiger charge is -2.49. The van der Waals surface area contributed by atoms with Crippen LogP contribution in [0.15, 0.2) is 91.0 Å². The second-order valence-electron chi connectivity index (χ2n) is 8.88. The highest BCUT2D eigenvalue weighted by Gasteiger charge is 2.50. The molecule has 0 bridgehead atoms. The third kappa shape index (κ3) is 5.98. The van der Waals surface area contributed by atoms with Gasteiger partial charge in [0, 0.05) is 12.7 Å². The Morgan fingerprint density at radius 2 is 1.40 bits per heavy atom. The zero-order chi connectivity index (χ0) is 23.9. The van der Waals surface area contributed by atoms with Crippen molar-refractivity contribution in [1.82, 2.24) is 0 Å². The van der Waals surface area contributed by atoms with Crippen LogP contribution >= 0.6 is 0 Å². The van der Waals surface area contributed by atoms with Gasteiger partial charge < -0.3 is 28.4 Å². The van der Waals surface area contributed by atoms with Gasteiger partial charge in [-0.3, -0.25) is 0 Å². The minimum atomic E-state index is -0.492. The van der Waals surface area contributed by atoms with Crippen molar-refractivity contribution in [3.05, 3.63) is 108 Å². The summed E-state index contributed by atoms with van der Waals surface area (Å²) >= 11 is 0. The Labute approximate surface area is 206 Å². The van der Waals surface area contributed by atoms with Crippen LogP contribution in [0.1, 0.15) is 23.0 Å². The van der Waals surface area contributed by atoms with E-state index in [-0.39, 0.29) is 24.2 Å². The van der Waals surface area contributed by atoms with E-state index in [0.717, 1.165) is 16.7 Å². The van der Waals surface area contributed by atoms with Gasteiger partial charge >= 0.3 is 0 Å². The van der Waals surface area contributed by atoms with Gasteiger partial charge in [0.05, 0.1) is 38.4 Å². The summed E-state index contributed by atoms with van der Waals surface area (Å²) in [5.41, 5.74) is 3.18. The molecule has 0 aliphatic carbocycles. The molecule has 2 aliphatic rings. The highest BCUT2D eigenvalue weighted by atomic mass is 16.7. The number of methoxy groups -OCH3 is 1. The quantitative estimate of drug-likeness (QED) is 0.438. The van der Waals surface area contributed by atoms with Crippen LogP contribution in [-0.2, 0) is 41.6 Å². The lowest BCUT2D eigenvalue weighted by atomic mass is 9.90. The fraction of sp³-hybridized carbons (Fsp3) is 0.379. The molecule has 0 N–H and O–H groups in total. The summed E-state index contributed by atoms with van der Waals surface area (Å²) in [6.45, 7) is 1.77. The van der Waals surface area contributed by atoms with Crippen LogP contribution in [0.5, 0.6) is 0 Å². The molecule has 3 aromatic rings. The second kappa shape index (κ2) is 11.9. The molecule has 6 heteroatoms. The molecule has 0 radical (unpaired) electrons. The van der Waals surface area contributed by atoms with E-state index in [1.165, 1.54) is 0 Å². The molecule has 2 heterocycles. The van der Waals surface area contributed by atoms with Gasteiger partial charge in [-0.25, -0.2) is 0 Å². The molecule has 3 aromatic carbocycles. The Morgan fingerprint density at radius 1 is 0.771 bits per heavy atom. The summed E-state index contributed by atoms with van der Waals surface area (Å²) in [4.78, 5) is 0. The van der Waals surface area contributed by atoms with Crippen molar-refractivity contribution in [3.8, 4) is 0 Å². The number of hydrogen-bond acceptors (Lipinski definition) is 6. The molecule has 0 aromatic heterocycles. The van der Waals surface area contributed by atoms with Crippen molar-refractivity contribution >= 4 is 0 Å². The van der Waals surface area contributed by atoms with Crippen molar-refractivity contribution in [2.75, 3.05) is 20.3 Å². The number of ether oxygens (including phenoxy) is 6. The fourth-order valence-electron chi connectivity index (χ4n) is 4.69. The van der Waals surface area contributed by atoms with E-state index >= 15 is 0 Å². The lowest BCUT2D eigenvalue weighted by Crippen LogP contribution is -2.61. The Bertz CT molecular complexity index is 1020. The maximum absolute atomic E-state index is 6.55. The molecule has 6 nitrogen and oxygen atoms in total. The number of benzene rings is 3. The molecule has 2 fully saturated rings. The largest absolute Gasteiger partial charge is 0.376 e. The number of hydrogen-bond donors (Lipinski definition) is 0. The summed E-state index contributed by atoms with van der Waals surface area (Å²) in [5, 5.41) is 0. The second-order valence-corrected chi connectivity index (χ2v) is 8.88. The van der Waals surface area contributed by atoms with Gasteiger partial charge in [-0.1, -0.05) is 91.0 Å². The smallest absolute Gasteiger partial charge is 0.184 e. The van der Waals surface area contributed by atoms with E-state index < -0.39 is 12.6 Å². The van der Waals surface area contributed by atoms with Crippen molar-refractivity contribution in [2.45, 2.75) is 44.1 Å². The monoisotopic (exact) mass is 476 g/mol. The first-order valence-electron chi connectivity index (χ1n) is 12.1. The topological polar surface area (TPSA) is 55.4 Å². The highest BCUT2D eigenvalue weighted by Crippen LogP contribution is 2.38. The van der Waals surface area contributed by atoms with Crippen LogP contribution in [0.4, 0.5) is 0 Å². The molecular formula is C29H32O6. The Balaban J connectivity index is 1.35. The lowest BCUT2D eigenvalue weighted by molar-refractivity contribution is -0.359. The van der Waals surface area contributed by atoms with Gasteiger partial charge in [0.15, 0.2) is 12.6 Å². The van der Waals surface area contributed by atoms with Crippen molar-refractivity contribution < 1.29 is 28.4 Å². The molecule has 2 aliphatic heterocycles. The maximum Gasteiger partial charge on any atom is 0.184 e. The first kappa shape index (κ1) is 24.1. The molecular weight excluding hydrogens is 444 g/mol. The molecule has 2 saturated heterocycles. The minimum Gasteiger partial charge on any atom is -0.376 e. The van der Waals surface area contributed by atoms with Gasteiger partial charge in [-0.05, 0) is 11.1 Å². The maximum atomic E-state index is 6.55. The van der Waals surface area contributed by atoms with E-state index in [2.05, 4.69) is 24.3 Å². The summed E-state index contributed by atoms with van der Waals surface area (Å²) in [6, 6.07) is 30.2. The molecule has 35 heavy (non-hydrogen) atoms. The van der Waals surface area contributed by atoms with Crippen molar-refractivity contribution in [3.63, 3.8) is 0 Å². The van der Waals surface area contributed by atoms with E-state index in [1.54, 1.807) is 7.11 Å². The molecule has 5 rings (SSSR count). The summed E-state index contributed by atoms with van der Waals surface area (Å²) in [6.07, 6.45) is -1.90. The molecule has 0 spiro atoms. The summed E-state index contributed by atoms with van der Waals surface area (Å²) in [5.74, 6) is -0.178. The minimum absolute atomic E-state index is 0.178. The van der Waals surface area contributed by atoms with Gasteiger partial charge in [0.2, 0.25) is 0 Å². The first-order valence-corrected chi connectivity index (χ1v) is 12.1. The summed E-state index contributed by atoms with van der Waals surface area (Å²) in [7, 11) is 1.65. The number of rotatable bonds is 9. The highest BCUT2D eigenvalue weighted by molar-refractivity contribution is 5.17. The van der Waals surface area contributed by atoms with Crippen LogP contribution in [0, 0.1) is 5.92 Å². The molecule has 0 saturated carbocycles. The third-order valence-electron chi connectivity index (χ3n) is 6.47. The van der Waals surface area contributed by atoms with E-state index in [0.29, 0.717) is 26.4 Å². The van der Waals surface area contributed by atoms with Gasteiger partial charge in [-0.15, -0.1) is 0 Å². The average molecular weight is 477 g/mol. The predicted molar refractivity (Wildman–Crippen MR) is 130 cm³/mol. The number of fused-ring (bicyclic) bond motifs is 1. The van der Waals surface area contributed by atoms with Crippen LogP contribution in [0.2, 0.25) is 0 Å².